The summed E-state index contributed by atoms with van der Waals surface area (Å²) in [7, 11) is -1.11. The first-order valence-corrected chi connectivity index (χ1v) is 8.04. The van der Waals surface area contributed by atoms with Gasteiger partial charge in [0.1, 0.15) is 10.7 Å². The molecule has 0 spiro atoms. The average Bonchev–Trinajstić information content (AvgIpc) is 2.80. The Hall–Kier alpha value is -1.89. The van der Waals surface area contributed by atoms with E-state index in [1.165, 1.54) is 12.3 Å². The summed E-state index contributed by atoms with van der Waals surface area (Å²) in [4.78, 5) is 13.1. The molecule has 0 amide bonds. The van der Waals surface area contributed by atoms with Crippen LogP contribution in [0.15, 0.2) is 23.2 Å². The van der Waals surface area contributed by atoms with Crippen molar-refractivity contribution in [2.45, 2.75) is 31.1 Å². The fourth-order valence-corrected chi connectivity index (χ4v) is 3.48. The van der Waals surface area contributed by atoms with E-state index in [0.717, 1.165) is 5.69 Å². The van der Waals surface area contributed by atoms with E-state index in [-0.39, 0.29) is 5.92 Å². The minimum atomic E-state index is -1.11. The van der Waals surface area contributed by atoms with Crippen LogP contribution in [0, 0.1) is 5.95 Å². The number of anilines is 2. The number of aromatic nitrogens is 3. The lowest BCUT2D eigenvalue weighted by Crippen LogP contribution is -2.07. The molecule has 7 heteroatoms. The lowest BCUT2D eigenvalue weighted by molar-refractivity contribution is 0.584. The fraction of sp³-hybridized carbons (Fsp3) is 0.357. The maximum absolute atomic E-state index is 13.2. The van der Waals surface area contributed by atoms with Crippen molar-refractivity contribution in [2.75, 3.05) is 11.1 Å². The van der Waals surface area contributed by atoms with E-state index in [0.29, 0.717) is 34.4 Å². The number of hydrogen-bond acceptors (Lipinski definition) is 5. The van der Waals surface area contributed by atoms with Gasteiger partial charge in [-0.25, -0.2) is 15.0 Å². The molecule has 3 heterocycles. The third kappa shape index (κ3) is 2.78. The summed E-state index contributed by atoms with van der Waals surface area (Å²) in [5.41, 5.74) is 1.35. The number of fused-ring (bicyclic) bond motifs is 1. The van der Waals surface area contributed by atoms with Gasteiger partial charge >= 0.3 is 0 Å². The molecular formula is C14H15FN4OS. The molecule has 0 radical (unpaired) electrons. The van der Waals surface area contributed by atoms with Crippen molar-refractivity contribution < 1.29 is 8.60 Å². The molecule has 1 unspecified atom stereocenters. The van der Waals surface area contributed by atoms with Crippen LogP contribution in [0.5, 0.6) is 0 Å². The van der Waals surface area contributed by atoms with Crippen molar-refractivity contribution in [3.05, 3.63) is 35.8 Å². The first-order chi connectivity index (χ1) is 10.0. The highest BCUT2D eigenvalue weighted by Gasteiger charge is 2.26. The monoisotopic (exact) mass is 306 g/mol. The van der Waals surface area contributed by atoms with Crippen molar-refractivity contribution in [3.8, 4) is 0 Å². The molecule has 110 valence electrons. The number of nitrogens with zero attached hydrogens (tertiary/aromatic N) is 3. The number of hydrogen-bond donors (Lipinski definition) is 1. The summed E-state index contributed by atoms with van der Waals surface area (Å²) in [5, 5.41) is 3.05. The van der Waals surface area contributed by atoms with Crippen molar-refractivity contribution in [1.29, 1.82) is 0 Å². The Morgan fingerprint density at radius 1 is 1.38 bits per heavy atom. The van der Waals surface area contributed by atoms with E-state index in [1.807, 2.05) is 13.8 Å². The number of aryl methyl sites for hydroxylation is 1. The van der Waals surface area contributed by atoms with Crippen LogP contribution >= 0.6 is 0 Å². The zero-order valence-corrected chi connectivity index (χ0v) is 12.6. The Labute approximate surface area is 124 Å². The second kappa shape index (κ2) is 5.48. The van der Waals surface area contributed by atoms with Gasteiger partial charge in [0.15, 0.2) is 5.82 Å². The van der Waals surface area contributed by atoms with Crippen LogP contribution in [0.25, 0.3) is 0 Å². The van der Waals surface area contributed by atoms with Crippen molar-refractivity contribution in [3.63, 3.8) is 0 Å². The SMILES string of the molecule is CC(C)c1nc2c(c(Nc3ccnc(F)c3)n1)S(=O)CC2. The molecule has 0 aromatic carbocycles. The van der Waals surface area contributed by atoms with Crippen LogP contribution in [-0.4, -0.2) is 24.9 Å². The largest absolute Gasteiger partial charge is 0.339 e. The number of rotatable bonds is 3. The summed E-state index contributed by atoms with van der Waals surface area (Å²) in [6.07, 6.45) is 2.06. The molecule has 1 aliphatic heterocycles. The van der Waals surface area contributed by atoms with Crippen LogP contribution in [0.1, 0.15) is 31.3 Å². The quantitative estimate of drug-likeness (QED) is 0.883. The van der Waals surface area contributed by atoms with E-state index >= 15 is 0 Å². The van der Waals surface area contributed by atoms with E-state index < -0.39 is 16.7 Å². The van der Waals surface area contributed by atoms with Gasteiger partial charge in [-0.15, -0.1) is 0 Å². The van der Waals surface area contributed by atoms with E-state index in [9.17, 15) is 8.60 Å². The first kappa shape index (κ1) is 14.1. The lowest BCUT2D eigenvalue weighted by Gasteiger charge is -2.13. The Morgan fingerprint density at radius 2 is 2.19 bits per heavy atom. The van der Waals surface area contributed by atoms with Crippen LogP contribution in [-0.2, 0) is 17.2 Å². The molecule has 0 saturated heterocycles. The maximum atomic E-state index is 13.2. The fourth-order valence-electron chi connectivity index (χ4n) is 2.18. The van der Waals surface area contributed by atoms with Crippen LogP contribution in [0.3, 0.4) is 0 Å². The molecule has 2 aromatic heterocycles. The average molecular weight is 306 g/mol. The van der Waals surface area contributed by atoms with Crippen molar-refractivity contribution in [1.82, 2.24) is 15.0 Å². The molecule has 1 atom stereocenters. The Bertz CT molecular complexity index is 720. The molecule has 3 rings (SSSR count). The summed E-state index contributed by atoms with van der Waals surface area (Å²) < 4.78 is 25.3. The predicted octanol–water partition coefficient (Wildman–Crippen LogP) is 2.54. The number of nitrogens with one attached hydrogen (secondary N) is 1. The van der Waals surface area contributed by atoms with Gasteiger partial charge in [-0.3, -0.25) is 4.21 Å². The Balaban J connectivity index is 2.06. The molecule has 0 bridgehead atoms. The van der Waals surface area contributed by atoms with E-state index in [4.69, 9.17) is 0 Å². The second-order valence-electron chi connectivity index (χ2n) is 5.15. The smallest absolute Gasteiger partial charge is 0.214 e. The molecule has 2 aromatic rings. The van der Waals surface area contributed by atoms with Gasteiger partial charge in [-0.05, 0) is 6.07 Å². The van der Waals surface area contributed by atoms with Crippen LogP contribution in [0.2, 0.25) is 0 Å². The molecule has 0 fully saturated rings. The minimum absolute atomic E-state index is 0.166. The Kier molecular flexibility index (Phi) is 3.67. The van der Waals surface area contributed by atoms with Crippen molar-refractivity contribution >= 4 is 22.3 Å². The minimum Gasteiger partial charge on any atom is -0.339 e. The summed E-state index contributed by atoms with van der Waals surface area (Å²) in [6, 6.07) is 2.92. The van der Waals surface area contributed by atoms with E-state index in [1.54, 1.807) is 6.07 Å². The topological polar surface area (TPSA) is 67.8 Å². The highest BCUT2D eigenvalue weighted by atomic mass is 32.2. The Morgan fingerprint density at radius 3 is 2.90 bits per heavy atom. The maximum Gasteiger partial charge on any atom is 0.214 e. The van der Waals surface area contributed by atoms with Gasteiger partial charge in [0.25, 0.3) is 0 Å². The highest BCUT2D eigenvalue weighted by molar-refractivity contribution is 7.85. The zero-order valence-electron chi connectivity index (χ0n) is 11.8. The molecule has 1 aliphatic rings. The molecular weight excluding hydrogens is 291 g/mol. The zero-order chi connectivity index (χ0) is 15.0. The molecule has 0 aliphatic carbocycles. The van der Waals surface area contributed by atoms with Crippen LogP contribution < -0.4 is 5.32 Å². The standard InChI is InChI=1S/C14H15FN4OS/c1-8(2)13-18-10-4-6-21(20)12(10)14(19-13)17-9-3-5-16-11(15)7-9/h3,5,7-8H,4,6H2,1-2H3,(H,16,17,18,19). The lowest BCUT2D eigenvalue weighted by atomic mass is 10.2. The van der Waals surface area contributed by atoms with Gasteiger partial charge in [0.05, 0.1) is 16.5 Å². The second-order valence-corrected chi connectivity index (χ2v) is 6.66. The van der Waals surface area contributed by atoms with Gasteiger partial charge in [0, 0.05) is 36.0 Å². The third-order valence-corrected chi connectivity index (χ3v) is 4.67. The molecule has 21 heavy (non-hydrogen) atoms. The van der Waals surface area contributed by atoms with Gasteiger partial charge < -0.3 is 5.32 Å². The molecule has 5 nitrogen and oxygen atoms in total. The van der Waals surface area contributed by atoms with Crippen molar-refractivity contribution in [2.24, 2.45) is 0 Å². The van der Waals surface area contributed by atoms with Crippen LogP contribution in [0.4, 0.5) is 15.9 Å². The normalized spacial score (nSPS) is 17.0. The molecule has 1 N–H and O–H groups in total. The van der Waals surface area contributed by atoms with Gasteiger partial charge in [-0.2, -0.15) is 4.39 Å². The van der Waals surface area contributed by atoms with Gasteiger partial charge in [0.2, 0.25) is 5.95 Å². The van der Waals surface area contributed by atoms with Gasteiger partial charge in [-0.1, -0.05) is 13.8 Å². The number of pyridine rings is 1. The summed E-state index contributed by atoms with van der Waals surface area (Å²) in [6.45, 7) is 4.01. The predicted molar refractivity (Wildman–Crippen MR) is 78.6 cm³/mol. The highest BCUT2D eigenvalue weighted by Crippen LogP contribution is 2.31. The first-order valence-electron chi connectivity index (χ1n) is 6.72. The summed E-state index contributed by atoms with van der Waals surface area (Å²) in [5.74, 6) is 1.36. The van der Waals surface area contributed by atoms with E-state index in [2.05, 4.69) is 20.3 Å². The molecule has 0 saturated carbocycles. The summed E-state index contributed by atoms with van der Waals surface area (Å²) >= 11 is 0. The third-order valence-electron chi connectivity index (χ3n) is 3.21. The number of halogens is 1.